The van der Waals surface area contributed by atoms with Gasteiger partial charge in [0.2, 0.25) is 5.95 Å². The fourth-order valence-electron chi connectivity index (χ4n) is 1.32. The molecule has 1 aliphatic carbocycles. The van der Waals surface area contributed by atoms with Gasteiger partial charge >= 0.3 is 0 Å². The fraction of sp³-hybridized carbons (Fsp3) is 0.556. The highest BCUT2D eigenvalue weighted by Gasteiger charge is 2.41. The lowest BCUT2D eigenvalue weighted by molar-refractivity contribution is 0.938. The lowest BCUT2D eigenvalue weighted by atomic mass is 10.4. The zero-order valence-electron chi connectivity index (χ0n) is 8.16. The quantitative estimate of drug-likeness (QED) is 0.785. The maximum Gasteiger partial charge on any atom is 0.221 e. The van der Waals surface area contributed by atoms with E-state index in [0.717, 1.165) is 12.4 Å². The molecule has 5 heteroatoms. The molecule has 4 nitrogen and oxygen atoms in total. The lowest BCUT2D eigenvalue weighted by Gasteiger charge is -2.13. The van der Waals surface area contributed by atoms with Gasteiger partial charge < -0.3 is 11.1 Å². The maximum absolute atomic E-state index is 5.48. The van der Waals surface area contributed by atoms with Gasteiger partial charge in [0.15, 0.2) is 0 Å². The number of nitrogens with two attached hydrogens (primary N) is 1. The van der Waals surface area contributed by atoms with Crippen LogP contribution < -0.4 is 11.1 Å². The van der Waals surface area contributed by atoms with Crippen molar-refractivity contribution < 1.29 is 0 Å². The van der Waals surface area contributed by atoms with Gasteiger partial charge in [0.1, 0.15) is 5.82 Å². The number of hydrogen-bond acceptors (Lipinski definition) is 5. The molecule has 3 N–H and O–H groups in total. The van der Waals surface area contributed by atoms with Gasteiger partial charge in [0.25, 0.3) is 0 Å². The standard InChI is InChI=1S/C9H14N4S/c1-14-9(3-4-9)6-12-7-2-5-11-8(10)13-7/h2,5H,3-4,6H2,1H3,(H3,10,11,12,13). The van der Waals surface area contributed by atoms with E-state index in [0.29, 0.717) is 10.7 Å². The van der Waals surface area contributed by atoms with Gasteiger partial charge in [-0.3, -0.25) is 0 Å². The summed E-state index contributed by atoms with van der Waals surface area (Å²) in [6.07, 6.45) is 6.41. The number of thioether (sulfide) groups is 1. The minimum atomic E-state index is 0.323. The molecule has 76 valence electrons. The van der Waals surface area contributed by atoms with Gasteiger partial charge in [0, 0.05) is 17.5 Å². The largest absolute Gasteiger partial charge is 0.369 e. The highest BCUT2D eigenvalue weighted by atomic mass is 32.2. The summed E-state index contributed by atoms with van der Waals surface area (Å²) in [6.45, 7) is 0.963. The Morgan fingerprint density at radius 1 is 1.64 bits per heavy atom. The van der Waals surface area contributed by atoms with Crippen LogP contribution in [-0.4, -0.2) is 27.5 Å². The van der Waals surface area contributed by atoms with Crippen LogP contribution in [0.3, 0.4) is 0 Å². The van der Waals surface area contributed by atoms with Crippen molar-refractivity contribution in [2.75, 3.05) is 23.9 Å². The minimum Gasteiger partial charge on any atom is -0.369 e. The van der Waals surface area contributed by atoms with Crippen LogP contribution >= 0.6 is 11.8 Å². The highest BCUT2D eigenvalue weighted by molar-refractivity contribution is 8.00. The first-order valence-corrected chi connectivity index (χ1v) is 5.84. The molecule has 0 radical (unpaired) electrons. The van der Waals surface area contributed by atoms with Crippen molar-refractivity contribution in [1.82, 2.24) is 9.97 Å². The summed E-state index contributed by atoms with van der Waals surface area (Å²) in [6, 6.07) is 1.84. The first-order valence-electron chi connectivity index (χ1n) is 4.62. The average Bonchev–Trinajstić information content (AvgIpc) is 2.96. The van der Waals surface area contributed by atoms with Crippen molar-refractivity contribution in [2.45, 2.75) is 17.6 Å². The number of aromatic nitrogens is 2. The maximum atomic E-state index is 5.48. The summed E-state index contributed by atoms with van der Waals surface area (Å²) >= 11 is 1.92. The van der Waals surface area contributed by atoms with Gasteiger partial charge in [0.05, 0.1) is 0 Å². The summed E-state index contributed by atoms with van der Waals surface area (Å²) < 4.78 is 0.444. The van der Waals surface area contributed by atoms with Crippen LogP contribution in [0.25, 0.3) is 0 Å². The number of rotatable bonds is 4. The second kappa shape index (κ2) is 3.65. The Morgan fingerprint density at radius 2 is 2.43 bits per heavy atom. The molecule has 1 fully saturated rings. The van der Waals surface area contributed by atoms with E-state index < -0.39 is 0 Å². The molecule has 1 aromatic rings. The van der Waals surface area contributed by atoms with Crippen molar-refractivity contribution >= 4 is 23.5 Å². The molecular formula is C9H14N4S. The van der Waals surface area contributed by atoms with Crippen molar-refractivity contribution in [2.24, 2.45) is 0 Å². The topological polar surface area (TPSA) is 63.8 Å². The first kappa shape index (κ1) is 9.58. The number of nitrogens with zero attached hydrogens (tertiary/aromatic N) is 2. The molecule has 0 atom stereocenters. The molecular weight excluding hydrogens is 196 g/mol. The van der Waals surface area contributed by atoms with Gasteiger partial charge in [-0.1, -0.05) is 0 Å². The molecule has 0 aromatic carbocycles. The minimum absolute atomic E-state index is 0.323. The Hall–Kier alpha value is -0.970. The normalized spacial score (nSPS) is 17.8. The third-order valence-electron chi connectivity index (χ3n) is 2.51. The number of anilines is 2. The molecule has 0 spiro atoms. The molecule has 1 aliphatic rings. The molecule has 1 heterocycles. The van der Waals surface area contributed by atoms with E-state index in [1.54, 1.807) is 6.20 Å². The predicted molar refractivity (Wildman–Crippen MR) is 60.4 cm³/mol. The fourth-order valence-corrected chi connectivity index (χ4v) is 2.04. The third-order valence-corrected chi connectivity index (χ3v) is 3.93. The predicted octanol–water partition coefficient (Wildman–Crippen LogP) is 1.37. The SMILES string of the molecule is CSC1(CNc2ccnc(N)n2)CC1. The van der Waals surface area contributed by atoms with Gasteiger partial charge in [-0.15, -0.1) is 0 Å². The molecule has 0 bridgehead atoms. The average molecular weight is 210 g/mol. The van der Waals surface area contributed by atoms with E-state index >= 15 is 0 Å². The van der Waals surface area contributed by atoms with Crippen molar-refractivity contribution in [3.8, 4) is 0 Å². The highest BCUT2D eigenvalue weighted by Crippen LogP contribution is 2.46. The third kappa shape index (κ3) is 2.09. The monoisotopic (exact) mass is 210 g/mol. The van der Waals surface area contributed by atoms with Crippen LogP contribution in [0.15, 0.2) is 12.3 Å². The zero-order valence-corrected chi connectivity index (χ0v) is 8.97. The summed E-state index contributed by atoms with van der Waals surface area (Å²) in [7, 11) is 0. The van der Waals surface area contributed by atoms with E-state index in [1.165, 1.54) is 12.8 Å². The summed E-state index contributed by atoms with van der Waals surface area (Å²) in [5, 5.41) is 3.29. The first-order chi connectivity index (χ1) is 6.74. The van der Waals surface area contributed by atoms with Gasteiger partial charge in [-0.05, 0) is 25.2 Å². The van der Waals surface area contributed by atoms with Crippen molar-refractivity contribution in [3.05, 3.63) is 12.3 Å². The van der Waals surface area contributed by atoms with Crippen molar-refractivity contribution in [1.29, 1.82) is 0 Å². The van der Waals surface area contributed by atoms with Crippen LogP contribution in [0.4, 0.5) is 11.8 Å². The molecule has 1 saturated carbocycles. The summed E-state index contributed by atoms with van der Waals surface area (Å²) in [5.74, 6) is 1.14. The Balaban J connectivity index is 1.92. The van der Waals surface area contributed by atoms with Crippen LogP contribution in [-0.2, 0) is 0 Å². The van der Waals surface area contributed by atoms with E-state index in [1.807, 2.05) is 17.8 Å². The van der Waals surface area contributed by atoms with Crippen LogP contribution in [0.2, 0.25) is 0 Å². The van der Waals surface area contributed by atoms with Crippen LogP contribution in [0, 0.1) is 0 Å². The Labute approximate surface area is 87.7 Å². The van der Waals surface area contributed by atoms with Crippen LogP contribution in [0.1, 0.15) is 12.8 Å². The van der Waals surface area contributed by atoms with E-state index in [-0.39, 0.29) is 0 Å². The molecule has 0 unspecified atom stereocenters. The van der Waals surface area contributed by atoms with Crippen LogP contribution in [0.5, 0.6) is 0 Å². The summed E-state index contributed by atoms with van der Waals surface area (Å²) in [4.78, 5) is 7.93. The molecule has 1 aromatic heterocycles. The van der Waals surface area contributed by atoms with E-state index in [9.17, 15) is 0 Å². The number of nitrogen functional groups attached to an aromatic ring is 1. The Kier molecular flexibility index (Phi) is 2.50. The van der Waals surface area contributed by atoms with Gasteiger partial charge in [-0.25, -0.2) is 4.98 Å². The molecule has 0 aliphatic heterocycles. The second-order valence-corrected chi connectivity index (χ2v) is 4.82. The van der Waals surface area contributed by atoms with E-state index in [4.69, 9.17) is 5.73 Å². The van der Waals surface area contributed by atoms with Crippen molar-refractivity contribution in [3.63, 3.8) is 0 Å². The molecule has 0 amide bonds. The number of nitrogens with one attached hydrogen (secondary N) is 1. The van der Waals surface area contributed by atoms with E-state index in [2.05, 4.69) is 21.5 Å². The Bertz CT molecular complexity index is 324. The zero-order chi connectivity index (χ0) is 10.0. The molecule has 2 rings (SSSR count). The number of hydrogen-bond donors (Lipinski definition) is 2. The Morgan fingerprint density at radius 3 is 3.00 bits per heavy atom. The molecule has 0 saturated heterocycles. The second-order valence-electron chi connectivity index (χ2n) is 3.54. The molecule has 14 heavy (non-hydrogen) atoms. The smallest absolute Gasteiger partial charge is 0.221 e. The lowest BCUT2D eigenvalue weighted by Crippen LogP contribution is -2.18. The summed E-state index contributed by atoms with van der Waals surface area (Å²) in [5.41, 5.74) is 5.48. The van der Waals surface area contributed by atoms with Gasteiger partial charge in [-0.2, -0.15) is 16.7 Å².